The first-order chi connectivity index (χ1) is 19.7. The zero-order valence-electron chi connectivity index (χ0n) is 22.8. The number of nitrogens with zero attached hydrogens (tertiary/aromatic N) is 2. The van der Waals surface area contributed by atoms with Crippen LogP contribution in [0.4, 0.5) is 0 Å². The SMILES string of the molecule is N#C/C(NCc1ccc(OCC2C[C@@H]3C=C[C@H]2C3)cc1)=C(\C#N)NCc1ccc(OCC2C[C@@H]3C=C[C@H]2C3)cc1. The molecular weight excluding hydrogens is 496 g/mol. The molecule has 40 heavy (non-hydrogen) atoms. The van der Waals surface area contributed by atoms with Crippen LogP contribution in [0, 0.1) is 58.2 Å². The van der Waals surface area contributed by atoms with Gasteiger partial charge in [-0.15, -0.1) is 0 Å². The Morgan fingerprint density at radius 3 is 1.38 bits per heavy atom. The summed E-state index contributed by atoms with van der Waals surface area (Å²) < 4.78 is 12.1. The van der Waals surface area contributed by atoms with Crippen molar-refractivity contribution in [3.63, 3.8) is 0 Å². The van der Waals surface area contributed by atoms with Gasteiger partial charge in [0.05, 0.1) is 13.2 Å². The van der Waals surface area contributed by atoms with Gasteiger partial charge in [-0.05, 0) is 96.6 Å². The van der Waals surface area contributed by atoms with E-state index in [9.17, 15) is 10.5 Å². The highest BCUT2D eigenvalue weighted by Gasteiger charge is 2.36. The molecule has 0 amide bonds. The van der Waals surface area contributed by atoms with Crippen LogP contribution in [0.15, 0.2) is 84.2 Å². The van der Waals surface area contributed by atoms with E-state index in [1.54, 1.807) is 0 Å². The second-order valence-electron chi connectivity index (χ2n) is 11.7. The molecule has 6 heteroatoms. The van der Waals surface area contributed by atoms with Crippen LogP contribution < -0.4 is 20.1 Å². The molecule has 2 N–H and O–H groups in total. The number of fused-ring (bicyclic) bond motifs is 4. The number of hydrogen-bond acceptors (Lipinski definition) is 6. The summed E-state index contributed by atoms with van der Waals surface area (Å²) in [4.78, 5) is 0. The predicted octanol–water partition coefficient (Wildman–Crippen LogP) is 6.01. The van der Waals surface area contributed by atoms with Gasteiger partial charge in [-0.1, -0.05) is 48.6 Å². The molecule has 6 rings (SSSR count). The summed E-state index contributed by atoms with van der Waals surface area (Å²) in [7, 11) is 0. The first-order valence-electron chi connectivity index (χ1n) is 14.5. The fraction of sp³-hybridized carbons (Fsp3) is 0.412. The van der Waals surface area contributed by atoms with Gasteiger partial charge in [-0.3, -0.25) is 0 Å². The highest BCUT2D eigenvalue weighted by atomic mass is 16.5. The van der Waals surface area contributed by atoms with Crippen molar-refractivity contribution >= 4 is 0 Å². The smallest absolute Gasteiger partial charge is 0.148 e. The minimum Gasteiger partial charge on any atom is -0.493 e. The average Bonchev–Trinajstić information content (AvgIpc) is 3.81. The minimum absolute atomic E-state index is 0.229. The molecule has 6 nitrogen and oxygen atoms in total. The Kier molecular flexibility index (Phi) is 7.78. The number of benzene rings is 2. The number of nitriles is 2. The Balaban J connectivity index is 0.956. The normalized spacial score (nSPS) is 27.6. The first kappa shape index (κ1) is 26.1. The zero-order valence-corrected chi connectivity index (χ0v) is 22.8. The van der Waals surface area contributed by atoms with Gasteiger partial charge in [0.2, 0.25) is 0 Å². The van der Waals surface area contributed by atoms with Gasteiger partial charge < -0.3 is 20.1 Å². The maximum absolute atomic E-state index is 9.68. The van der Waals surface area contributed by atoms with Crippen molar-refractivity contribution < 1.29 is 9.47 Å². The van der Waals surface area contributed by atoms with Gasteiger partial charge in [-0.25, -0.2) is 0 Å². The number of ether oxygens (including phenoxy) is 2. The van der Waals surface area contributed by atoms with Crippen LogP contribution in [-0.4, -0.2) is 13.2 Å². The highest BCUT2D eigenvalue weighted by molar-refractivity contribution is 5.36. The molecule has 204 valence electrons. The van der Waals surface area contributed by atoms with Crippen molar-refractivity contribution in [3.05, 3.63) is 95.4 Å². The molecule has 2 fully saturated rings. The average molecular weight is 533 g/mol. The summed E-state index contributed by atoms with van der Waals surface area (Å²) in [6.07, 6.45) is 14.5. The molecule has 4 aliphatic carbocycles. The lowest BCUT2D eigenvalue weighted by molar-refractivity contribution is 0.227. The fourth-order valence-electron chi connectivity index (χ4n) is 6.73. The number of nitrogens with one attached hydrogen (secondary N) is 2. The largest absolute Gasteiger partial charge is 0.493 e. The molecule has 2 unspecified atom stereocenters. The molecule has 0 saturated heterocycles. The van der Waals surface area contributed by atoms with E-state index in [2.05, 4.69) is 47.1 Å². The predicted molar refractivity (Wildman–Crippen MR) is 153 cm³/mol. The summed E-state index contributed by atoms with van der Waals surface area (Å²) >= 11 is 0. The summed E-state index contributed by atoms with van der Waals surface area (Å²) in [5, 5.41) is 25.6. The quantitative estimate of drug-likeness (QED) is 0.257. The Bertz CT molecular complexity index is 1260. The first-order valence-corrected chi connectivity index (χ1v) is 14.5. The molecule has 2 aromatic rings. The van der Waals surface area contributed by atoms with Crippen LogP contribution in [0.2, 0.25) is 0 Å². The van der Waals surface area contributed by atoms with E-state index in [0.717, 1.165) is 47.7 Å². The lowest BCUT2D eigenvalue weighted by Gasteiger charge is -2.18. The van der Waals surface area contributed by atoms with Gasteiger partial charge in [0.1, 0.15) is 35.0 Å². The lowest BCUT2D eigenvalue weighted by Crippen LogP contribution is -2.21. The van der Waals surface area contributed by atoms with Gasteiger partial charge in [0, 0.05) is 13.1 Å². The van der Waals surface area contributed by atoms with Crippen molar-refractivity contribution in [1.29, 1.82) is 10.5 Å². The number of allylic oxidation sites excluding steroid dienone is 6. The van der Waals surface area contributed by atoms with E-state index in [4.69, 9.17) is 9.47 Å². The summed E-state index contributed by atoms with van der Waals surface area (Å²) in [5.74, 6) is 5.84. The van der Waals surface area contributed by atoms with Crippen LogP contribution in [-0.2, 0) is 13.1 Å². The molecule has 2 aromatic carbocycles. The maximum atomic E-state index is 9.68. The van der Waals surface area contributed by atoms with E-state index in [1.165, 1.54) is 25.7 Å². The maximum Gasteiger partial charge on any atom is 0.148 e. The fourth-order valence-corrected chi connectivity index (χ4v) is 6.73. The Labute approximate surface area is 237 Å². The molecule has 4 bridgehead atoms. The van der Waals surface area contributed by atoms with E-state index in [0.29, 0.717) is 36.8 Å². The zero-order chi connectivity index (χ0) is 27.3. The molecular formula is C34H36N4O2. The molecule has 0 aromatic heterocycles. The van der Waals surface area contributed by atoms with Crippen molar-refractivity contribution in [3.8, 4) is 23.6 Å². The summed E-state index contributed by atoms with van der Waals surface area (Å²) in [5.41, 5.74) is 2.48. The van der Waals surface area contributed by atoms with Crippen LogP contribution in [0.25, 0.3) is 0 Å². The lowest BCUT2D eigenvalue weighted by atomic mass is 9.95. The Hall–Kier alpha value is -4.16. The summed E-state index contributed by atoms with van der Waals surface area (Å²) in [6, 6.07) is 20.1. The van der Waals surface area contributed by atoms with Crippen molar-refractivity contribution in [2.45, 2.75) is 38.8 Å². The molecule has 4 aliphatic rings. The van der Waals surface area contributed by atoms with Gasteiger partial charge in [0.25, 0.3) is 0 Å². The standard InChI is InChI=1S/C34H36N4O2/c35-17-33(37-19-23-3-9-31(10-4-23)39-21-29-15-25-1-7-27(29)13-25)34(18-36)38-20-24-5-11-32(12-6-24)40-22-30-16-26-2-8-28(30)14-26/h1-12,25-30,37-38H,13-16,19-22H2/b34-33-/t25-,26-,27+,28+,29?,30?/m1/s1. The van der Waals surface area contributed by atoms with Crippen LogP contribution in [0.3, 0.4) is 0 Å². The topological polar surface area (TPSA) is 90.1 Å². The van der Waals surface area contributed by atoms with E-state index in [1.807, 2.05) is 48.5 Å². The molecule has 0 heterocycles. The molecule has 0 aliphatic heterocycles. The van der Waals surface area contributed by atoms with Gasteiger partial charge in [0.15, 0.2) is 0 Å². The van der Waals surface area contributed by atoms with Crippen molar-refractivity contribution in [2.75, 3.05) is 13.2 Å². The van der Waals surface area contributed by atoms with E-state index in [-0.39, 0.29) is 11.4 Å². The second-order valence-corrected chi connectivity index (χ2v) is 11.7. The van der Waals surface area contributed by atoms with E-state index >= 15 is 0 Å². The van der Waals surface area contributed by atoms with Crippen LogP contribution in [0.1, 0.15) is 36.8 Å². The second kappa shape index (κ2) is 11.9. The number of hydrogen-bond donors (Lipinski definition) is 2. The van der Waals surface area contributed by atoms with Crippen molar-refractivity contribution in [1.82, 2.24) is 10.6 Å². The third kappa shape index (κ3) is 6.02. The molecule has 0 radical (unpaired) electrons. The third-order valence-corrected chi connectivity index (χ3v) is 9.02. The third-order valence-electron chi connectivity index (χ3n) is 9.02. The highest BCUT2D eigenvalue weighted by Crippen LogP contribution is 2.44. The Morgan fingerprint density at radius 2 is 1.05 bits per heavy atom. The van der Waals surface area contributed by atoms with Gasteiger partial charge >= 0.3 is 0 Å². The molecule has 0 spiro atoms. The molecule has 6 atom stereocenters. The summed E-state index contributed by atoms with van der Waals surface area (Å²) in [6.45, 7) is 2.40. The molecule has 2 saturated carbocycles. The van der Waals surface area contributed by atoms with Crippen LogP contribution in [0.5, 0.6) is 11.5 Å². The monoisotopic (exact) mass is 532 g/mol. The van der Waals surface area contributed by atoms with Gasteiger partial charge in [-0.2, -0.15) is 10.5 Å². The van der Waals surface area contributed by atoms with Crippen LogP contribution >= 0.6 is 0 Å². The Morgan fingerprint density at radius 1 is 0.625 bits per heavy atom. The van der Waals surface area contributed by atoms with E-state index < -0.39 is 0 Å². The number of rotatable bonds is 12. The minimum atomic E-state index is 0.229. The van der Waals surface area contributed by atoms with Crippen molar-refractivity contribution in [2.24, 2.45) is 35.5 Å².